The normalized spacial score (nSPS) is 14.6. The summed E-state index contributed by atoms with van der Waals surface area (Å²) in [5.41, 5.74) is 1.07. The van der Waals surface area contributed by atoms with E-state index in [1.165, 1.54) is 9.75 Å². The third-order valence-electron chi connectivity index (χ3n) is 3.08. The fraction of sp³-hybridized carbons (Fsp3) is 0.429. The second kappa shape index (κ2) is 5.43. The molecule has 0 bridgehead atoms. The molecule has 1 N–H and O–H groups in total. The van der Waals surface area contributed by atoms with Crippen molar-refractivity contribution in [3.05, 3.63) is 27.4 Å². The van der Waals surface area contributed by atoms with Crippen molar-refractivity contribution >= 4 is 28.6 Å². The quantitative estimate of drug-likeness (QED) is 0.918. The number of aryl methyl sites for hydroxylation is 2. The van der Waals surface area contributed by atoms with Gasteiger partial charge >= 0.3 is 0 Å². The van der Waals surface area contributed by atoms with Crippen LogP contribution >= 0.6 is 22.7 Å². The van der Waals surface area contributed by atoms with Crippen LogP contribution in [0.1, 0.15) is 29.1 Å². The van der Waals surface area contributed by atoms with E-state index in [1.807, 2.05) is 13.0 Å². The summed E-state index contributed by atoms with van der Waals surface area (Å²) in [5.74, 6) is 0.172. The van der Waals surface area contributed by atoms with E-state index in [1.54, 1.807) is 22.7 Å². The molecule has 1 aliphatic carbocycles. The van der Waals surface area contributed by atoms with Crippen LogP contribution in [0.15, 0.2) is 17.5 Å². The van der Waals surface area contributed by atoms with Crippen LogP contribution < -0.4 is 5.32 Å². The Morgan fingerprint density at radius 3 is 3.05 bits per heavy atom. The summed E-state index contributed by atoms with van der Waals surface area (Å²) in [6.07, 6.45) is 3.64. The molecular formula is C14H16N2OS2. The molecule has 100 valence electrons. The number of nitrogens with zero attached hydrogens (tertiary/aromatic N) is 1. The first-order chi connectivity index (χ1) is 9.22. The SMILES string of the molecule is Cc1nc(-c2cccs2)c(CCC(=O)NC2CC2)s1. The molecule has 3 nitrogen and oxygen atoms in total. The van der Waals surface area contributed by atoms with Crippen LogP contribution in [-0.2, 0) is 11.2 Å². The molecule has 0 aromatic carbocycles. The number of rotatable bonds is 5. The summed E-state index contributed by atoms with van der Waals surface area (Å²) in [7, 11) is 0. The van der Waals surface area contributed by atoms with E-state index >= 15 is 0 Å². The molecule has 0 unspecified atom stereocenters. The van der Waals surface area contributed by atoms with Gasteiger partial charge in [0.2, 0.25) is 5.91 Å². The number of hydrogen-bond donors (Lipinski definition) is 1. The maximum Gasteiger partial charge on any atom is 0.220 e. The number of thiophene rings is 1. The Labute approximate surface area is 120 Å². The standard InChI is InChI=1S/C14H16N2OS2/c1-9-15-14(11-3-2-8-18-11)12(19-9)6-7-13(17)16-10-4-5-10/h2-3,8,10H,4-7H2,1H3,(H,16,17). The smallest absolute Gasteiger partial charge is 0.220 e. The molecule has 0 aliphatic heterocycles. The molecule has 1 fully saturated rings. The van der Waals surface area contributed by atoms with Crippen LogP contribution in [0.25, 0.3) is 10.6 Å². The number of amides is 1. The van der Waals surface area contributed by atoms with Crippen LogP contribution in [0.3, 0.4) is 0 Å². The van der Waals surface area contributed by atoms with Crippen LogP contribution in [0, 0.1) is 6.92 Å². The van der Waals surface area contributed by atoms with Crippen molar-refractivity contribution < 1.29 is 4.79 Å². The number of carbonyl (C=O) groups excluding carboxylic acids is 1. The monoisotopic (exact) mass is 292 g/mol. The largest absolute Gasteiger partial charge is 0.353 e. The maximum absolute atomic E-state index is 11.7. The number of thiazole rings is 1. The van der Waals surface area contributed by atoms with Crippen molar-refractivity contribution in [1.82, 2.24) is 10.3 Å². The van der Waals surface area contributed by atoms with E-state index in [2.05, 4.69) is 21.7 Å². The Bertz CT molecular complexity index is 570. The molecular weight excluding hydrogens is 276 g/mol. The van der Waals surface area contributed by atoms with Gasteiger partial charge in [0.15, 0.2) is 0 Å². The van der Waals surface area contributed by atoms with E-state index in [-0.39, 0.29) is 5.91 Å². The molecule has 0 atom stereocenters. The zero-order chi connectivity index (χ0) is 13.2. The number of carbonyl (C=O) groups is 1. The molecule has 0 radical (unpaired) electrons. The van der Waals surface area contributed by atoms with Crippen molar-refractivity contribution in [2.24, 2.45) is 0 Å². The predicted molar refractivity (Wildman–Crippen MR) is 79.6 cm³/mol. The molecule has 0 saturated heterocycles. The highest BCUT2D eigenvalue weighted by molar-refractivity contribution is 7.15. The summed E-state index contributed by atoms with van der Waals surface area (Å²) in [5, 5.41) is 6.17. The van der Waals surface area contributed by atoms with E-state index < -0.39 is 0 Å². The van der Waals surface area contributed by atoms with E-state index in [0.717, 1.165) is 30.0 Å². The Morgan fingerprint density at radius 1 is 1.53 bits per heavy atom. The lowest BCUT2D eigenvalue weighted by Gasteiger charge is -2.03. The molecule has 19 heavy (non-hydrogen) atoms. The second-order valence-corrected chi connectivity index (χ2v) is 7.06. The minimum Gasteiger partial charge on any atom is -0.353 e. The van der Waals surface area contributed by atoms with Gasteiger partial charge in [0.25, 0.3) is 0 Å². The van der Waals surface area contributed by atoms with Gasteiger partial charge in [-0.05, 0) is 37.6 Å². The molecule has 2 aromatic rings. The topological polar surface area (TPSA) is 42.0 Å². The Hall–Kier alpha value is -1.20. The molecule has 1 saturated carbocycles. The lowest BCUT2D eigenvalue weighted by atomic mass is 10.2. The highest BCUT2D eigenvalue weighted by Gasteiger charge is 2.23. The van der Waals surface area contributed by atoms with Crippen molar-refractivity contribution in [3.8, 4) is 10.6 Å². The fourth-order valence-corrected chi connectivity index (χ4v) is 3.75. The highest BCUT2D eigenvalue weighted by atomic mass is 32.1. The summed E-state index contributed by atoms with van der Waals surface area (Å²) in [6, 6.07) is 4.58. The van der Waals surface area contributed by atoms with Crippen LogP contribution in [0.2, 0.25) is 0 Å². The number of hydrogen-bond acceptors (Lipinski definition) is 4. The third kappa shape index (κ3) is 3.22. The molecule has 5 heteroatoms. The highest BCUT2D eigenvalue weighted by Crippen LogP contribution is 2.32. The average Bonchev–Trinajstić information content (AvgIpc) is 2.91. The van der Waals surface area contributed by atoms with Crippen molar-refractivity contribution in [1.29, 1.82) is 0 Å². The van der Waals surface area contributed by atoms with Crippen LogP contribution in [0.5, 0.6) is 0 Å². The van der Waals surface area contributed by atoms with Crippen molar-refractivity contribution in [2.45, 2.75) is 38.6 Å². The van der Waals surface area contributed by atoms with Crippen molar-refractivity contribution in [2.75, 3.05) is 0 Å². The van der Waals surface area contributed by atoms with Gasteiger partial charge in [-0.2, -0.15) is 0 Å². The average molecular weight is 292 g/mol. The molecule has 2 heterocycles. The van der Waals surface area contributed by atoms with Gasteiger partial charge in [-0.3, -0.25) is 4.79 Å². The predicted octanol–water partition coefficient (Wildman–Crippen LogP) is 3.39. The minimum absolute atomic E-state index is 0.172. The van der Waals surface area contributed by atoms with Gasteiger partial charge in [0.05, 0.1) is 15.6 Å². The zero-order valence-electron chi connectivity index (χ0n) is 10.8. The number of aromatic nitrogens is 1. The van der Waals surface area contributed by atoms with E-state index in [0.29, 0.717) is 12.5 Å². The van der Waals surface area contributed by atoms with Gasteiger partial charge in [-0.25, -0.2) is 4.98 Å². The molecule has 3 rings (SSSR count). The molecule has 1 amide bonds. The van der Waals surface area contributed by atoms with Crippen LogP contribution in [-0.4, -0.2) is 16.9 Å². The van der Waals surface area contributed by atoms with Gasteiger partial charge < -0.3 is 5.32 Å². The Balaban J connectivity index is 1.68. The third-order valence-corrected chi connectivity index (χ3v) is 4.99. The summed E-state index contributed by atoms with van der Waals surface area (Å²) in [4.78, 5) is 18.8. The van der Waals surface area contributed by atoms with Gasteiger partial charge in [-0.1, -0.05) is 6.07 Å². The molecule has 2 aromatic heterocycles. The molecule has 1 aliphatic rings. The summed E-state index contributed by atoms with van der Waals surface area (Å²) < 4.78 is 0. The van der Waals surface area contributed by atoms with Crippen molar-refractivity contribution in [3.63, 3.8) is 0 Å². The fourth-order valence-electron chi connectivity index (χ4n) is 2.00. The zero-order valence-corrected chi connectivity index (χ0v) is 12.4. The van der Waals surface area contributed by atoms with Crippen LogP contribution in [0.4, 0.5) is 0 Å². The lowest BCUT2D eigenvalue weighted by Crippen LogP contribution is -2.25. The van der Waals surface area contributed by atoms with Gasteiger partial charge in [0, 0.05) is 17.3 Å². The summed E-state index contributed by atoms with van der Waals surface area (Å²) >= 11 is 3.41. The maximum atomic E-state index is 11.7. The first-order valence-corrected chi connectivity index (χ1v) is 8.21. The Morgan fingerprint density at radius 2 is 2.37 bits per heavy atom. The van der Waals surface area contributed by atoms with E-state index in [4.69, 9.17) is 0 Å². The summed E-state index contributed by atoms with van der Waals surface area (Å²) in [6.45, 7) is 2.02. The Kier molecular flexibility index (Phi) is 3.66. The first-order valence-electron chi connectivity index (χ1n) is 6.52. The number of nitrogens with one attached hydrogen (secondary N) is 1. The second-order valence-electron chi connectivity index (χ2n) is 4.82. The minimum atomic E-state index is 0.172. The first kappa shape index (κ1) is 12.8. The lowest BCUT2D eigenvalue weighted by molar-refractivity contribution is -0.121. The van der Waals surface area contributed by atoms with Gasteiger partial charge in [0.1, 0.15) is 0 Å². The van der Waals surface area contributed by atoms with E-state index in [9.17, 15) is 4.79 Å². The molecule has 0 spiro atoms. The van der Waals surface area contributed by atoms with Gasteiger partial charge in [-0.15, -0.1) is 22.7 Å².